The highest BCUT2D eigenvalue weighted by molar-refractivity contribution is 9.10. The Bertz CT molecular complexity index is 1470. The minimum Gasteiger partial charge on any atom is -0.462 e. The third-order valence-electron chi connectivity index (χ3n) is 6.97. The van der Waals surface area contributed by atoms with Gasteiger partial charge in [-0.15, -0.1) is 0 Å². The molecular weight excluding hydrogens is 581 g/mol. The van der Waals surface area contributed by atoms with Crippen molar-refractivity contribution in [1.82, 2.24) is 0 Å². The zero-order chi connectivity index (χ0) is 26.9. The molecule has 1 amide bonds. The first-order valence-electron chi connectivity index (χ1n) is 11.7. The number of halogens is 3. The van der Waals surface area contributed by atoms with Gasteiger partial charge in [0.05, 0.1) is 17.3 Å². The molecule has 2 aromatic rings. The lowest BCUT2D eigenvalue weighted by Gasteiger charge is -2.47. The van der Waals surface area contributed by atoms with Gasteiger partial charge in [0.1, 0.15) is 16.8 Å². The zero-order valence-electron chi connectivity index (χ0n) is 20.4. The van der Waals surface area contributed by atoms with E-state index in [1.165, 1.54) is 0 Å². The van der Waals surface area contributed by atoms with Gasteiger partial charge in [-0.2, -0.15) is 0 Å². The summed E-state index contributed by atoms with van der Waals surface area (Å²) in [6.07, 6.45) is 0.588. The molecule has 3 aliphatic rings. The topological polar surface area (TPSA) is 102 Å². The number of fused-ring (bicyclic) bond motifs is 3. The molecule has 1 aliphatic carbocycles. The predicted molar refractivity (Wildman–Crippen MR) is 146 cm³/mol. The van der Waals surface area contributed by atoms with Gasteiger partial charge in [-0.05, 0) is 55.2 Å². The lowest BCUT2D eigenvalue weighted by Crippen LogP contribution is -2.54. The number of anilines is 2. The van der Waals surface area contributed by atoms with Crippen LogP contribution in [0.15, 0.2) is 63.5 Å². The van der Waals surface area contributed by atoms with Crippen LogP contribution < -0.4 is 16.0 Å². The normalized spacial score (nSPS) is 22.3. The highest BCUT2D eigenvalue weighted by atomic mass is 79.9. The maximum Gasteiger partial charge on any atom is 0.339 e. The van der Waals surface area contributed by atoms with Crippen LogP contribution in [-0.2, 0) is 24.5 Å². The molecule has 1 unspecified atom stereocenters. The van der Waals surface area contributed by atoms with Gasteiger partial charge >= 0.3 is 5.97 Å². The largest absolute Gasteiger partial charge is 0.462 e. The number of esters is 1. The first kappa shape index (κ1) is 25.8. The van der Waals surface area contributed by atoms with Crippen LogP contribution in [0.2, 0.25) is 10.0 Å². The standard InChI is InChI=1S/C27H24BrCl2N3O4/c1-4-37-24(35)22-23(31)33(18-8-6-14(29)10-16(18)30)19-11-26(2,3)12-20(34)21(19)27(22)15-9-13(28)5-7-17(15)32-25(27)36/h5-10H,4,11-12,31H2,1-3H3,(H,32,36). The summed E-state index contributed by atoms with van der Waals surface area (Å²) in [5.74, 6) is -1.61. The van der Waals surface area contributed by atoms with Crippen molar-refractivity contribution in [2.24, 2.45) is 11.1 Å². The van der Waals surface area contributed by atoms with Gasteiger partial charge in [0, 0.05) is 38.4 Å². The number of nitrogens with one attached hydrogen (secondary N) is 1. The molecule has 2 aliphatic heterocycles. The van der Waals surface area contributed by atoms with E-state index in [9.17, 15) is 14.4 Å². The second-order valence-corrected chi connectivity index (χ2v) is 11.8. The summed E-state index contributed by atoms with van der Waals surface area (Å²) < 4.78 is 6.12. The Morgan fingerprint density at radius 1 is 1.16 bits per heavy atom. The monoisotopic (exact) mass is 603 g/mol. The molecule has 5 rings (SSSR count). The maximum absolute atomic E-state index is 14.0. The summed E-state index contributed by atoms with van der Waals surface area (Å²) in [5.41, 5.74) is 6.57. The van der Waals surface area contributed by atoms with Crippen molar-refractivity contribution in [3.05, 3.63) is 79.1 Å². The highest BCUT2D eigenvalue weighted by Gasteiger charge is 2.63. The predicted octanol–water partition coefficient (Wildman–Crippen LogP) is 5.84. The van der Waals surface area contributed by atoms with Gasteiger partial charge in [0.25, 0.3) is 0 Å². The van der Waals surface area contributed by atoms with E-state index in [2.05, 4.69) is 21.2 Å². The average Bonchev–Trinajstić information content (AvgIpc) is 3.05. The van der Waals surface area contributed by atoms with Crippen molar-refractivity contribution in [3.8, 4) is 0 Å². The summed E-state index contributed by atoms with van der Waals surface area (Å²) in [5, 5.41) is 3.56. The van der Waals surface area contributed by atoms with Crippen molar-refractivity contribution in [2.75, 3.05) is 16.8 Å². The number of carbonyl (C=O) groups excluding carboxylic acids is 3. The second kappa shape index (κ2) is 8.89. The Hall–Kier alpha value is -2.81. The Morgan fingerprint density at radius 2 is 1.89 bits per heavy atom. The van der Waals surface area contributed by atoms with Gasteiger partial charge in [0.15, 0.2) is 5.78 Å². The van der Waals surface area contributed by atoms with Crippen molar-refractivity contribution in [1.29, 1.82) is 0 Å². The summed E-state index contributed by atoms with van der Waals surface area (Å²) in [7, 11) is 0. The molecule has 0 saturated carbocycles. The number of rotatable bonds is 3. The lowest BCUT2D eigenvalue weighted by atomic mass is 9.60. The van der Waals surface area contributed by atoms with E-state index < -0.39 is 22.7 Å². The minimum absolute atomic E-state index is 0.0325. The number of ketones is 1. The van der Waals surface area contributed by atoms with Crippen LogP contribution in [-0.4, -0.2) is 24.3 Å². The number of ether oxygens (including phenoxy) is 1. The molecule has 2 heterocycles. The Morgan fingerprint density at radius 3 is 2.57 bits per heavy atom. The SMILES string of the molecule is CCOC(=O)C1=C(N)N(c2ccc(Cl)cc2Cl)C2=C(C(=O)CC(C)(C)C2)C12C(=O)Nc1ccc(Br)cc12. The summed E-state index contributed by atoms with van der Waals surface area (Å²) in [6.45, 7) is 5.66. The van der Waals surface area contributed by atoms with Crippen molar-refractivity contribution in [3.63, 3.8) is 0 Å². The van der Waals surface area contributed by atoms with Gasteiger partial charge in [-0.1, -0.05) is 53.0 Å². The zero-order valence-corrected chi connectivity index (χ0v) is 23.5. The van der Waals surface area contributed by atoms with Gasteiger partial charge in [-0.3, -0.25) is 14.5 Å². The number of hydrogen-bond donors (Lipinski definition) is 2. The molecule has 7 nitrogen and oxygen atoms in total. The quantitative estimate of drug-likeness (QED) is 0.427. The first-order chi connectivity index (χ1) is 17.4. The van der Waals surface area contributed by atoms with Crippen LogP contribution in [0, 0.1) is 5.41 Å². The Balaban J connectivity index is 1.94. The van der Waals surface area contributed by atoms with Gasteiger partial charge < -0.3 is 15.8 Å². The number of carbonyl (C=O) groups is 3. The highest BCUT2D eigenvalue weighted by Crippen LogP contribution is 2.58. The molecule has 0 bridgehead atoms. The molecular formula is C27H24BrCl2N3O4. The smallest absolute Gasteiger partial charge is 0.339 e. The number of allylic oxidation sites excluding steroid dienone is 1. The summed E-state index contributed by atoms with van der Waals surface area (Å²) >= 11 is 16.3. The Labute approximate surface area is 232 Å². The number of amides is 1. The van der Waals surface area contributed by atoms with Crippen LogP contribution in [0.4, 0.5) is 11.4 Å². The van der Waals surface area contributed by atoms with Crippen molar-refractivity contribution < 1.29 is 19.1 Å². The molecule has 1 atom stereocenters. The number of nitrogens with two attached hydrogens (primary N) is 1. The number of hydrogen-bond acceptors (Lipinski definition) is 6. The van der Waals surface area contributed by atoms with E-state index in [0.717, 1.165) is 0 Å². The molecule has 2 aromatic carbocycles. The molecule has 192 valence electrons. The number of Topliss-reactive ketones (excluding diaryl/α,β-unsaturated/α-hetero) is 1. The molecule has 0 radical (unpaired) electrons. The minimum atomic E-state index is -1.78. The molecule has 0 fully saturated rings. The third-order valence-corrected chi connectivity index (χ3v) is 8.01. The van der Waals surface area contributed by atoms with Crippen LogP contribution in [0.1, 0.15) is 39.2 Å². The average molecular weight is 605 g/mol. The maximum atomic E-state index is 14.0. The molecule has 37 heavy (non-hydrogen) atoms. The third kappa shape index (κ3) is 3.80. The van der Waals surface area contributed by atoms with E-state index >= 15 is 0 Å². The van der Waals surface area contributed by atoms with E-state index in [4.69, 9.17) is 33.7 Å². The molecule has 10 heteroatoms. The van der Waals surface area contributed by atoms with Crippen LogP contribution in [0.25, 0.3) is 0 Å². The molecule has 0 aromatic heterocycles. The van der Waals surface area contributed by atoms with Crippen LogP contribution >= 0.6 is 39.1 Å². The number of benzene rings is 2. The lowest BCUT2D eigenvalue weighted by molar-refractivity contribution is -0.140. The summed E-state index contributed by atoms with van der Waals surface area (Å²) in [6, 6.07) is 10.1. The molecule has 0 saturated heterocycles. The van der Waals surface area contributed by atoms with E-state index in [1.54, 1.807) is 48.2 Å². The fraction of sp³-hybridized carbons (Fsp3) is 0.296. The fourth-order valence-electron chi connectivity index (χ4n) is 5.65. The number of nitrogens with zero attached hydrogens (tertiary/aromatic N) is 1. The van der Waals surface area contributed by atoms with Crippen molar-refractivity contribution >= 4 is 68.2 Å². The van der Waals surface area contributed by atoms with E-state index in [-0.39, 0.29) is 40.8 Å². The van der Waals surface area contributed by atoms with Crippen LogP contribution in [0.5, 0.6) is 0 Å². The van der Waals surface area contributed by atoms with Gasteiger partial charge in [0.2, 0.25) is 5.91 Å². The van der Waals surface area contributed by atoms with E-state index in [0.29, 0.717) is 38.6 Å². The fourth-order valence-corrected chi connectivity index (χ4v) is 6.50. The van der Waals surface area contributed by atoms with Crippen LogP contribution in [0.3, 0.4) is 0 Å². The van der Waals surface area contributed by atoms with Crippen molar-refractivity contribution in [2.45, 2.75) is 39.0 Å². The first-order valence-corrected chi connectivity index (χ1v) is 13.3. The second-order valence-electron chi connectivity index (χ2n) is 10.1. The summed E-state index contributed by atoms with van der Waals surface area (Å²) in [4.78, 5) is 43.3. The molecule has 1 spiro atoms. The molecule has 3 N–H and O–H groups in total. The van der Waals surface area contributed by atoms with Gasteiger partial charge in [-0.25, -0.2) is 4.79 Å². The Kier molecular flexibility index (Phi) is 6.21. The van der Waals surface area contributed by atoms with E-state index in [1.807, 2.05) is 13.8 Å².